The average Bonchev–Trinajstić information content (AvgIpc) is 2.37. The van der Waals surface area contributed by atoms with Gasteiger partial charge in [-0.2, -0.15) is 0 Å². The zero-order valence-electron chi connectivity index (χ0n) is 13.5. The second-order valence-corrected chi connectivity index (χ2v) is 7.96. The number of hydrogen-bond acceptors (Lipinski definition) is 2. The van der Waals surface area contributed by atoms with Crippen molar-refractivity contribution in [3.8, 4) is 0 Å². The van der Waals surface area contributed by atoms with Gasteiger partial charge in [0.1, 0.15) is 0 Å². The third-order valence-corrected chi connectivity index (χ3v) is 5.29. The molecule has 0 amide bonds. The van der Waals surface area contributed by atoms with Crippen LogP contribution >= 0.6 is 0 Å². The Morgan fingerprint density at radius 1 is 1.11 bits per heavy atom. The van der Waals surface area contributed by atoms with Crippen LogP contribution in [0.2, 0.25) is 0 Å². The smallest absolute Gasteiger partial charge is 0.0244 e. The summed E-state index contributed by atoms with van der Waals surface area (Å²) in [6, 6.07) is 1.36. The summed E-state index contributed by atoms with van der Waals surface area (Å²) in [5.41, 5.74) is 0.378. The van der Waals surface area contributed by atoms with Crippen LogP contribution in [0.4, 0.5) is 0 Å². The first-order valence-corrected chi connectivity index (χ1v) is 8.44. The monoisotopic (exact) mass is 266 g/mol. The lowest BCUT2D eigenvalue weighted by atomic mass is 9.84. The van der Waals surface area contributed by atoms with Crippen LogP contribution in [0, 0.1) is 11.3 Å². The van der Waals surface area contributed by atoms with E-state index in [4.69, 9.17) is 0 Å². The molecule has 2 unspecified atom stereocenters. The quantitative estimate of drug-likeness (QED) is 0.838. The molecule has 0 bridgehead atoms. The molecule has 112 valence electrons. The van der Waals surface area contributed by atoms with Crippen molar-refractivity contribution in [2.75, 3.05) is 19.6 Å². The molecule has 1 N–H and O–H groups in total. The summed E-state index contributed by atoms with van der Waals surface area (Å²) >= 11 is 0. The van der Waals surface area contributed by atoms with E-state index in [1.165, 1.54) is 51.6 Å². The summed E-state index contributed by atoms with van der Waals surface area (Å²) in [4.78, 5) is 2.74. The first-order chi connectivity index (χ1) is 8.97. The van der Waals surface area contributed by atoms with Crippen LogP contribution in [-0.4, -0.2) is 36.6 Å². The first-order valence-electron chi connectivity index (χ1n) is 8.44. The van der Waals surface area contributed by atoms with Crippen molar-refractivity contribution in [1.29, 1.82) is 0 Å². The van der Waals surface area contributed by atoms with Gasteiger partial charge in [-0.25, -0.2) is 0 Å². The molecular formula is C17H34N2. The molecule has 2 fully saturated rings. The number of piperazine rings is 1. The molecule has 1 aliphatic heterocycles. The van der Waals surface area contributed by atoms with Gasteiger partial charge in [0, 0.05) is 25.2 Å². The van der Waals surface area contributed by atoms with E-state index in [1.807, 2.05) is 0 Å². The highest BCUT2D eigenvalue weighted by Gasteiger charge is 2.32. The van der Waals surface area contributed by atoms with E-state index >= 15 is 0 Å². The van der Waals surface area contributed by atoms with Crippen LogP contribution in [0.25, 0.3) is 0 Å². The van der Waals surface area contributed by atoms with E-state index in [1.54, 1.807) is 0 Å². The highest BCUT2D eigenvalue weighted by Crippen LogP contribution is 2.28. The molecule has 19 heavy (non-hydrogen) atoms. The lowest BCUT2D eigenvalue weighted by Gasteiger charge is -2.44. The highest BCUT2D eigenvalue weighted by molar-refractivity contribution is 4.90. The van der Waals surface area contributed by atoms with E-state index in [2.05, 4.69) is 37.9 Å². The zero-order valence-corrected chi connectivity index (χ0v) is 13.5. The van der Waals surface area contributed by atoms with Gasteiger partial charge in [0.15, 0.2) is 0 Å². The van der Waals surface area contributed by atoms with Gasteiger partial charge in [0.2, 0.25) is 0 Å². The van der Waals surface area contributed by atoms with Crippen LogP contribution in [0.3, 0.4) is 0 Å². The largest absolute Gasteiger partial charge is 0.311 e. The molecule has 2 atom stereocenters. The molecule has 0 aromatic rings. The maximum Gasteiger partial charge on any atom is 0.0244 e. The Hall–Kier alpha value is -0.0800. The van der Waals surface area contributed by atoms with Crippen molar-refractivity contribution in [2.24, 2.45) is 11.3 Å². The molecule has 2 nitrogen and oxygen atoms in total. The maximum absolute atomic E-state index is 3.74. The molecule has 1 heterocycles. The minimum atomic E-state index is 0.378. The van der Waals surface area contributed by atoms with Gasteiger partial charge in [-0.3, -0.25) is 4.90 Å². The zero-order chi connectivity index (χ0) is 13.9. The second kappa shape index (κ2) is 6.58. The molecule has 1 aliphatic carbocycles. The summed E-state index contributed by atoms with van der Waals surface area (Å²) in [6.07, 6.45) is 8.85. The highest BCUT2D eigenvalue weighted by atomic mass is 15.2. The molecule has 0 spiro atoms. The van der Waals surface area contributed by atoms with E-state index in [-0.39, 0.29) is 0 Å². The Balaban J connectivity index is 1.80. The predicted molar refractivity (Wildman–Crippen MR) is 83.5 cm³/mol. The molecule has 0 radical (unpaired) electrons. The standard InChI is InChI=1S/C17H34N2/c1-14-12-18-16(17(2,3)4)13-19(14)11-10-15-8-6-5-7-9-15/h14-16,18H,5-13H2,1-4H3. The van der Waals surface area contributed by atoms with Gasteiger partial charge in [-0.15, -0.1) is 0 Å². The Bertz CT molecular complexity index is 263. The fraction of sp³-hybridized carbons (Fsp3) is 1.00. The van der Waals surface area contributed by atoms with E-state index in [9.17, 15) is 0 Å². The van der Waals surface area contributed by atoms with Crippen LogP contribution in [0.5, 0.6) is 0 Å². The molecular weight excluding hydrogens is 232 g/mol. The summed E-state index contributed by atoms with van der Waals surface area (Å²) in [5.74, 6) is 1.02. The molecule has 2 rings (SSSR count). The van der Waals surface area contributed by atoms with Crippen molar-refractivity contribution >= 4 is 0 Å². The predicted octanol–water partition coefficient (Wildman–Crippen LogP) is 3.67. The minimum Gasteiger partial charge on any atom is -0.311 e. The van der Waals surface area contributed by atoms with Gasteiger partial charge in [-0.05, 0) is 31.2 Å². The van der Waals surface area contributed by atoms with E-state index in [0.29, 0.717) is 17.5 Å². The molecule has 1 saturated carbocycles. The molecule has 2 aliphatic rings. The average molecular weight is 266 g/mol. The van der Waals surface area contributed by atoms with Gasteiger partial charge < -0.3 is 5.32 Å². The minimum absolute atomic E-state index is 0.378. The van der Waals surface area contributed by atoms with Crippen molar-refractivity contribution in [2.45, 2.75) is 78.3 Å². The molecule has 1 saturated heterocycles. The van der Waals surface area contributed by atoms with Crippen molar-refractivity contribution in [3.63, 3.8) is 0 Å². The van der Waals surface area contributed by atoms with Crippen LogP contribution < -0.4 is 5.32 Å². The van der Waals surface area contributed by atoms with Gasteiger partial charge in [0.25, 0.3) is 0 Å². The summed E-state index contributed by atoms with van der Waals surface area (Å²) < 4.78 is 0. The lowest BCUT2D eigenvalue weighted by Crippen LogP contribution is -2.59. The number of nitrogens with one attached hydrogen (secondary N) is 1. The van der Waals surface area contributed by atoms with Crippen LogP contribution in [0.15, 0.2) is 0 Å². The third-order valence-electron chi connectivity index (χ3n) is 5.29. The molecule has 0 aromatic carbocycles. The van der Waals surface area contributed by atoms with Crippen LogP contribution in [0.1, 0.15) is 66.2 Å². The summed E-state index contributed by atoms with van der Waals surface area (Å²) in [6.45, 7) is 13.2. The summed E-state index contributed by atoms with van der Waals surface area (Å²) in [5, 5.41) is 3.74. The fourth-order valence-electron chi connectivity index (χ4n) is 3.64. The molecule has 0 aromatic heterocycles. The van der Waals surface area contributed by atoms with Crippen molar-refractivity contribution in [1.82, 2.24) is 10.2 Å². The maximum atomic E-state index is 3.74. The normalized spacial score (nSPS) is 31.6. The fourth-order valence-corrected chi connectivity index (χ4v) is 3.64. The van der Waals surface area contributed by atoms with Crippen LogP contribution in [-0.2, 0) is 0 Å². The first kappa shape index (κ1) is 15.3. The van der Waals surface area contributed by atoms with Gasteiger partial charge in [-0.1, -0.05) is 52.9 Å². The number of rotatable bonds is 3. The van der Waals surface area contributed by atoms with Gasteiger partial charge >= 0.3 is 0 Å². The van der Waals surface area contributed by atoms with E-state index < -0.39 is 0 Å². The molecule has 2 heteroatoms. The van der Waals surface area contributed by atoms with Crippen molar-refractivity contribution in [3.05, 3.63) is 0 Å². The van der Waals surface area contributed by atoms with Gasteiger partial charge in [0.05, 0.1) is 0 Å². The number of hydrogen-bond donors (Lipinski definition) is 1. The Labute approximate surface area is 120 Å². The Kier molecular flexibility index (Phi) is 5.30. The lowest BCUT2D eigenvalue weighted by molar-refractivity contribution is 0.0863. The third kappa shape index (κ3) is 4.46. The Morgan fingerprint density at radius 3 is 2.42 bits per heavy atom. The van der Waals surface area contributed by atoms with E-state index in [0.717, 1.165) is 12.5 Å². The SMILES string of the molecule is CC1CNC(C(C)(C)C)CN1CCC1CCCCC1. The topological polar surface area (TPSA) is 15.3 Å². The Morgan fingerprint density at radius 2 is 1.79 bits per heavy atom. The second-order valence-electron chi connectivity index (χ2n) is 7.96. The summed E-state index contributed by atoms with van der Waals surface area (Å²) in [7, 11) is 0. The van der Waals surface area contributed by atoms with Crippen molar-refractivity contribution < 1.29 is 0 Å². The number of nitrogens with zero attached hydrogens (tertiary/aromatic N) is 1.